The third-order valence-corrected chi connectivity index (χ3v) is 6.59. The van der Waals surface area contributed by atoms with Crippen molar-refractivity contribution in [3.8, 4) is 0 Å². The highest BCUT2D eigenvalue weighted by Crippen LogP contribution is 2.59. The molecule has 190 valence electrons. The summed E-state index contributed by atoms with van der Waals surface area (Å²) in [5.41, 5.74) is -8.49. The number of alkyl halides is 4. The lowest BCUT2D eigenvalue weighted by atomic mass is 9.50. The fourth-order valence-corrected chi connectivity index (χ4v) is 4.97. The van der Waals surface area contributed by atoms with Crippen molar-refractivity contribution in [2.45, 2.75) is 51.4 Å². The van der Waals surface area contributed by atoms with Crippen LogP contribution in [0.4, 0.5) is 26.3 Å². The van der Waals surface area contributed by atoms with Gasteiger partial charge < -0.3 is 20.3 Å². The van der Waals surface area contributed by atoms with E-state index in [1.54, 1.807) is 0 Å². The van der Waals surface area contributed by atoms with Crippen molar-refractivity contribution >= 4 is 17.9 Å². The summed E-state index contributed by atoms with van der Waals surface area (Å²) < 4.78 is 89.4. The van der Waals surface area contributed by atoms with Crippen molar-refractivity contribution < 1.29 is 55.7 Å². The number of rotatable bonds is 7. The minimum absolute atomic E-state index is 0.0666. The first-order valence-electron chi connectivity index (χ1n) is 10.1. The van der Waals surface area contributed by atoms with Crippen LogP contribution in [0.2, 0.25) is 0 Å². The Morgan fingerprint density at radius 3 is 2.12 bits per heavy atom. The van der Waals surface area contributed by atoms with Crippen molar-refractivity contribution in [3.63, 3.8) is 0 Å². The van der Waals surface area contributed by atoms with Gasteiger partial charge in [-0.05, 0) is 25.0 Å². The summed E-state index contributed by atoms with van der Waals surface area (Å²) in [6.07, 6.45) is -6.05. The SMILES string of the molecule is CCC1(C(=O)O)C(COC(C)=O)NC(CF)C(C)(C(=O)O)C1c1cc(F)cc(F)c1C(F)(F)F. The Kier molecular flexibility index (Phi) is 7.61. The Hall–Kier alpha value is -2.83. The third kappa shape index (κ3) is 4.32. The summed E-state index contributed by atoms with van der Waals surface area (Å²) in [7, 11) is 0. The molecule has 0 amide bonds. The number of carbonyl (C=O) groups is 3. The zero-order valence-corrected chi connectivity index (χ0v) is 18.3. The molecule has 5 atom stereocenters. The van der Waals surface area contributed by atoms with Crippen molar-refractivity contribution in [2.24, 2.45) is 10.8 Å². The topological polar surface area (TPSA) is 113 Å². The Bertz CT molecular complexity index is 985. The standard InChI is InChI=1S/C21H23F6NO6/c1-4-20(18(32)33)14(8-34-9(2)29)28-13(7-22)19(3,17(30)31)16(20)11-5-10(23)6-12(24)15(11)21(25,26)27/h5-6,13-14,16,28H,4,7-8H2,1-3H3,(H,30,31)(H,32,33). The molecule has 0 bridgehead atoms. The van der Waals surface area contributed by atoms with Crippen LogP contribution in [0.3, 0.4) is 0 Å². The number of carbonyl (C=O) groups excluding carboxylic acids is 1. The highest BCUT2D eigenvalue weighted by molar-refractivity contribution is 5.84. The zero-order valence-electron chi connectivity index (χ0n) is 18.3. The molecule has 1 saturated heterocycles. The first-order valence-corrected chi connectivity index (χ1v) is 10.1. The fraction of sp³-hybridized carbons (Fsp3) is 0.571. The molecule has 1 aromatic carbocycles. The first kappa shape index (κ1) is 27.4. The minimum atomic E-state index is -5.48. The molecule has 1 aromatic rings. The van der Waals surface area contributed by atoms with Crippen molar-refractivity contribution in [1.29, 1.82) is 0 Å². The Morgan fingerprint density at radius 1 is 1.12 bits per heavy atom. The zero-order chi connectivity index (χ0) is 26.2. The van der Waals surface area contributed by atoms with Gasteiger partial charge in [0.1, 0.15) is 24.9 Å². The quantitative estimate of drug-likeness (QED) is 0.389. The number of piperidine rings is 1. The number of aliphatic carboxylic acids is 2. The molecule has 0 spiro atoms. The summed E-state index contributed by atoms with van der Waals surface area (Å²) in [6, 6.07) is -3.26. The van der Waals surface area contributed by atoms with Crippen LogP contribution in [0.15, 0.2) is 12.1 Å². The molecule has 7 nitrogen and oxygen atoms in total. The van der Waals surface area contributed by atoms with Crippen LogP contribution in [-0.2, 0) is 25.3 Å². The number of hydrogen-bond acceptors (Lipinski definition) is 5. The van der Waals surface area contributed by atoms with Crippen molar-refractivity contribution in [3.05, 3.63) is 34.9 Å². The molecule has 1 aliphatic rings. The molecular weight excluding hydrogens is 476 g/mol. The van der Waals surface area contributed by atoms with Gasteiger partial charge >= 0.3 is 24.1 Å². The average Bonchev–Trinajstić information content (AvgIpc) is 2.69. The lowest BCUT2D eigenvalue weighted by Gasteiger charge is -2.56. The van der Waals surface area contributed by atoms with Crippen LogP contribution in [0, 0.1) is 22.5 Å². The smallest absolute Gasteiger partial charge is 0.419 e. The number of esters is 1. The van der Waals surface area contributed by atoms with Gasteiger partial charge in [-0.3, -0.25) is 14.4 Å². The predicted octanol–water partition coefficient (Wildman–Crippen LogP) is 3.51. The predicted molar refractivity (Wildman–Crippen MR) is 104 cm³/mol. The minimum Gasteiger partial charge on any atom is -0.481 e. The number of halogens is 6. The Morgan fingerprint density at radius 2 is 1.71 bits per heavy atom. The van der Waals surface area contributed by atoms with Crippen LogP contribution < -0.4 is 5.32 Å². The molecular formula is C21H23F6NO6. The maximum atomic E-state index is 14.5. The van der Waals surface area contributed by atoms with Gasteiger partial charge in [0.05, 0.1) is 28.5 Å². The molecule has 13 heteroatoms. The summed E-state index contributed by atoms with van der Waals surface area (Å²) in [5.74, 6) is -10.5. The maximum Gasteiger partial charge on any atom is 0.419 e. The molecule has 3 N–H and O–H groups in total. The molecule has 0 saturated carbocycles. The van der Waals surface area contributed by atoms with E-state index in [1.807, 2.05) is 0 Å². The molecule has 1 fully saturated rings. The van der Waals surface area contributed by atoms with Gasteiger partial charge in [0.15, 0.2) is 0 Å². The average molecular weight is 499 g/mol. The van der Waals surface area contributed by atoms with Gasteiger partial charge in [0, 0.05) is 18.9 Å². The highest BCUT2D eigenvalue weighted by Gasteiger charge is 2.67. The van der Waals surface area contributed by atoms with Crippen LogP contribution in [-0.4, -0.2) is 53.5 Å². The molecule has 5 unspecified atom stereocenters. The van der Waals surface area contributed by atoms with Gasteiger partial charge in [0.25, 0.3) is 0 Å². The molecule has 0 radical (unpaired) electrons. The van der Waals surface area contributed by atoms with Crippen molar-refractivity contribution in [1.82, 2.24) is 5.32 Å². The van der Waals surface area contributed by atoms with E-state index in [0.717, 1.165) is 13.8 Å². The molecule has 34 heavy (non-hydrogen) atoms. The van der Waals surface area contributed by atoms with E-state index >= 15 is 0 Å². The largest absolute Gasteiger partial charge is 0.481 e. The van der Waals surface area contributed by atoms with E-state index in [-0.39, 0.29) is 12.1 Å². The summed E-state index contributed by atoms with van der Waals surface area (Å²) in [4.78, 5) is 36.4. The molecule has 0 aromatic heterocycles. The molecule has 1 aliphatic heterocycles. The Labute approximate surface area is 190 Å². The van der Waals surface area contributed by atoms with E-state index in [0.29, 0.717) is 0 Å². The second-order valence-electron chi connectivity index (χ2n) is 8.30. The number of ether oxygens (including phenoxy) is 1. The first-order chi connectivity index (χ1) is 15.6. The number of benzene rings is 1. The summed E-state index contributed by atoms with van der Waals surface area (Å²) in [5, 5.41) is 22.7. The Balaban J connectivity index is 3.07. The highest BCUT2D eigenvalue weighted by atomic mass is 19.4. The second kappa shape index (κ2) is 9.43. The van der Waals surface area contributed by atoms with Crippen LogP contribution >= 0.6 is 0 Å². The maximum absolute atomic E-state index is 14.5. The number of carboxylic acid groups (broad SMARTS) is 2. The van der Waals surface area contributed by atoms with Crippen LogP contribution in [0.25, 0.3) is 0 Å². The van der Waals surface area contributed by atoms with Gasteiger partial charge in [-0.25, -0.2) is 13.2 Å². The molecule has 0 aliphatic carbocycles. The van der Waals surface area contributed by atoms with E-state index < -0.39 is 95.4 Å². The van der Waals surface area contributed by atoms with E-state index in [2.05, 4.69) is 5.32 Å². The van der Waals surface area contributed by atoms with Gasteiger partial charge in [0.2, 0.25) is 0 Å². The third-order valence-electron chi connectivity index (χ3n) is 6.59. The monoisotopic (exact) mass is 499 g/mol. The van der Waals surface area contributed by atoms with Gasteiger partial charge in [-0.1, -0.05) is 6.92 Å². The van der Waals surface area contributed by atoms with Crippen molar-refractivity contribution in [2.75, 3.05) is 13.3 Å². The number of nitrogens with one attached hydrogen (secondary N) is 1. The second-order valence-corrected chi connectivity index (χ2v) is 8.30. The number of carboxylic acids is 2. The number of hydrogen-bond donors (Lipinski definition) is 3. The lowest BCUT2D eigenvalue weighted by Crippen LogP contribution is -2.72. The van der Waals surface area contributed by atoms with E-state index in [1.165, 1.54) is 6.92 Å². The molecule has 2 rings (SSSR count). The van der Waals surface area contributed by atoms with Crippen LogP contribution in [0.5, 0.6) is 0 Å². The summed E-state index contributed by atoms with van der Waals surface area (Å²) >= 11 is 0. The summed E-state index contributed by atoms with van der Waals surface area (Å²) in [6.45, 7) is 0.721. The van der Waals surface area contributed by atoms with E-state index in [9.17, 15) is 50.9 Å². The van der Waals surface area contributed by atoms with Crippen LogP contribution in [0.1, 0.15) is 44.2 Å². The molecule has 1 heterocycles. The normalized spacial score (nSPS) is 29.5. The fourth-order valence-electron chi connectivity index (χ4n) is 4.97. The van der Waals surface area contributed by atoms with Gasteiger partial charge in [-0.15, -0.1) is 0 Å². The lowest BCUT2D eigenvalue weighted by molar-refractivity contribution is -0.178. The van der Waals surface area contributed by atoms with Gasteiger partial charge in [-0.2, -0.15) is 13.2 Å². The van der Waals surface area contributed by atoms with E-state index in [4.69, 9.17) is 4.74 Å².